The van der Waals surface area contributed by atoms with Crippen LogP contribution >= 0.6 is 0 Å². The van der Waals surface area contributed by atoms with Gasteiger partial charge in [0, 0.05) is 13.0 Å². The van der Waals surface area contributed by atoms with E-state index in [1.807, 2.05) is 18.2 Å². The van der Waals surface area contributed by atoms with Crippen LogP contribution in [0.1, 0.15) is 22.3 Å². The van der Waals surface area contributed by atoms with Crippen molar-refractivity contribution in [3.05, 3.63) is 65.7 Å². The molecule has 2 aromatic carbocycles. The van der Waals surface area contributed by atoms with Crippen molar-refractivity contribution in [2.75, 3.05) is 19.8 Å². The fraction of sp³-hybridized carbons (Fsp3) is 0.238. The van der Waals surface area contributed by atoms with Gasteiger partial charge in [-0.05, 0) is 17.7 Å². The molecule has 174 valence electrons. The number of nitrogens with one attached hydrogen (secondary N) is 2. The molecule has 0 aromatic heterocycles. The fourth-order valence-electron chi connectivity index (χ4n) is 2.85. The first-order valence-electron chi connectivity index (χ1n) is 9.82. The Kier molecular flexibility index (Phi) is 7.61. The number of nitrogens with zero attached hydrogens (tertiary/aromatic N) is 1. The average molecular weight is 475 g/mol. The second-order valence-corrected chi connectivity index (χ2v) is 8.65. The Bertz CT molecular complexity index is 1150. The van der Waals surface area contributed by atoms with Gasteiger partial charge < -0.3 is 20.1 Å². The highest BCUT2D eigenvalue weighted by atomic mass is 32.2. The highest BCUT2D eigenvalue weighted by Crippen LogP contribution is 2.29. The molecule has 0 bridgehead atoms. The van der Waals surface area contributed by atoms with E-state index in [0.29, 0.717) is 4.31 Å². The van der Waals surface area contributed by atoms with Crippen molar-refractivity contribution in [2.24, 2.45) is 0 Å². The molecule has 1 aliphatic rings. The van der Waals surface area contributed by atoms with E-state index >= 15 is 0 Å². The van der Waals surface area contributed by atoms with E-state index in [1.54, 1.807) is 12.1 Å². The van der Waals surface area contributed by atoms with Gasteiger partial charge in [-0.3, -0.25) is 14.4 Å². The van der Waals surface area contributed by atoms with Crippen molar-refractivity contribution in [2.45, 2.75) is 17.9 Å². The molecule has 0 aliphatic carbocycles. The topological polar surface area (TPSA) is 148 Å². The number of carbonyl (C=O) groups excluding carboxylic acids is 4. The predicted octanol–water partition coefficient (Wildman–Crippen LogP) is 0.764. The van der Waals surface area contributed by atoms with Gasteiger partial charge in [-0.25, -0.2) is 13.2 Å². The van der Waals surface area contributed by atoms with E-state index in [-0.39, 0.29) is 30.0 Å². The van der Waals surface area contributed by atoms with Crippen LogP contribution in [0.2, 0.25) is 0 Å². The second-order valence-electron chi connectivity index (χ2n) is 6.82. The van der Waals surface area contributed by atoms with Crippen LogP contribution in [0.5, 0.6) is 0 Å². The minimum Gasteiger partial charge on any atom is -0.445 e. The predicted molar refractivity (Wildman–Crippen MR) is 113 cm³/mol. The molecule has 0 saturated carbocycles. The lowest BCUT2D eigenvalue weighted by Gasteiger charge is -2.15. The molecule has 12 heteroatoms. The molecule has 3 amide bonds. The van der Waals surface area contributed by atoms with E-state index in [9.17, 15) is 27.6 Å². The Morgan fingerprint density at radius 2 is 1.61 bits per heavy atom. The summed E-state index contributed by atoms with van der Waals surface area (Å²) in [4.78, 5) is 47.3. The van der Waals surface area contributed by atoms with E-state index in [1.165, 1.54) is 24.3 Å². The maximum atomic E-state index is 12.4. The summed E-state index contributed by atoms with van der Waals surface area (Å²) >= 11 is 0. The van der Waals surface area contributed by atoms with Gasteiger partial charge in [-0.1, -0.05) is 42.5 Å². The number of rotatable bonds is 9. The van der Waals surface area contributed by atoms with Gasteiger partial charge in [0.05, 0.1) is 5.56 Å². The molecule has 2 N–H and O–H groups in total. The van der Waals surface area contributed by atoms with Gasteiger partial charge in [-0.15, -0.1) is 0 Å². The summed E-state index contributed by atoms with van der Waals surface area (Å²) in [5.41, 5.74) is 0.813. The summed E-state index contributed by atoms with van der Waals surface area (Å²) in [5, 5.41) is 4.69. The van der Waals surface area contributed by atoms with Crippen molar-refractivity contribution in [1.29, 1.82) is 0 Å². The molecule has 0 saturated heterocycles. The van der Waals surface area contributed by atoms with E-state index < -0.39 is 47.2 Å². The molecular formula is C21H21N3O8S. The highest BCUT2D eigenvalue weighted by Gasteiger charge is 2.41. The summed E-state index contributed by atoms with van der Waals surface area (Å²) in [5.74, 6) is -2.28. The lowest BCUT2D eigenvalue weighted by atomic mass is 10.2. The third-order valence-corrected chi connectivity index (χ3v) is 6.28. The van der Waals surface area contributed by atoms with Crippen LogP contribution < -0.4 is 10.6 Å². The lowest BCUT2D eigenvalue weighted by Crippen LogP contribution is -2.37. The third-order valence-electron chi connectivity index (χ3n) is 4.52. The number of ether oxygens (including phenoxy) is 2. The van der Waals surface area contributed by atoms with Crippen LogP contribution in [0.3, 0.4) is 0 Å². The second kappa shape index (κ2) is 10.6. The van der Waals surface area contributed by atoms with E-state index in [2.05, 4.69) is 10.6 Å². The maximum Gasteiger partial charge on any atom is 0.407 e. The quantitative estimate of drug-likeness (QED) is 0.505. The van der Waals surface area contributed by atoms with Crippen LogP contribution in [-0.4, -0.2) is 56.4 Å². The standard InChI is InChI=1S/C21H21N3O8S/c25-18(10-11-22-21(28)31-13-15-6-2-1-3-7-15)23-12-19(26)32-14-24-20(27)16-8-4-5-9-17(16)33(24,29)30/h1-9H,10-14H2,(H,22,28)(H,23,25). The summed E-state index contributed by atoms with van der Waals surface area (Å²) < 4.78 is 35.0. The van der Waals surface area contributed by atoms with Crippen LogP contribution in [-0.2, 0) is 35.7 Å². The minimum absolute atomic E-state index is 0.00310. The van der Waals surface area contributed by atoms with Gasteiger partial charge in [0.2, 0.25) is 5.91 Å². The summed E-state index contributed by atoms with van der Waals surface area (Å²) in [6.07, 6.45) is -0.814. The summed E-state index contributed by atoms with van der Waals surface area (Å²) in [7, 11) is -4.10. The van der Waals surface area contributed by atoms with Crippen LogP contribution in [0.15, 0.2) is 59.5 Å². The van der Waals surface area contributed by atoms with Crippen molar-refractivity contribution in [1.82, 2.24) is 14.9 Å². The zero-order valence-corrected chi connectivity index (χ0v) is 18.2. The van der Waals surface area contributed by atoms with Crippen LogP contribution in [0.4, 0.5) is 4.79 Å². The first-order valence-corrected chi connectivity index (χ1v) is 11.3. The number of carbonyl (C=O) groups is 4. The maximum absolute atomic E-state index is 12.4. The van der Waals surface area contributed by atoms with Gasteiger partial charge in [0.15, 0.2) is 6.73 Å². The molecule has 0 fully saturated rings. The first kappa shape index (κ1) is 23.7. The number of fused-ring (bicyclic) bond motifs is 1. The minimum atomic E-state index is -4.10. The largest absolute Gasteiger partial charge is 0.445 e. The molecule has 1 heterocycles. The molecule has 1 aliphatic heterocycles. The Hall–Kier alpha value is -3.93. The molecule has 0 unspecified atom stereocenters. The number of esters is 1. The van der Waals surface area contributed by atoms with Crippen molar-refractivity contribution in [3.63, 3.8) is 0 Å². The smallest absolute Gasteiger partial charge is 0.407 e. The van der Waals surface area contributed by atoms with Gasteiger partial charge in [0.25, 0.3) is 15.9 Å². The van der Waals surface area contributed by atoms with E-state index in [4.69, 9.17) is 9.47 Å². The summed E-state index contributed by atoms with van der Waals surface area (Å²) in [6.45, 7) is -1.27. The van der Waals surface area contributed by atoms with Gasteiger partial charge in [0.1, 0.15) is 18.0 Å². The lowest BCUT2D eigenvalue weighted by molar-refractivity contribution is -0.145. The first-order chi connectivity index (χ1) is 15.8. The van der Waals surface area contributed by atoms with Crippen LogP contribution in [0, 0.1) is 0 Å². The Morgan fingerprint density at radius 3 is 2.33 bits per heavy atom. The number of alkyl carbamates (subject to hydrolysis) is 1. The normalized spacial score (nSPS) is 13.7. The molecule has 0 radical (unpaired) electrons. The molecule has 0 spiro atoms. The molecule has 11 nitrogen and oxygen atoms in total. The number of amides is 3. The number of hydrogen-bond donors (Lipinski definition) is 2. The average Bonchev–Trinajstić information content (AvgIpc) is 3.01. The SMILES string of the molecule is O=C(CCNC(=O)OCc1ccccc1)NCC(=O)OCN1C(=O)c2ccccc2S1(=O)=O. The van der Waals surface area contributed by atoms with Gasteiger partial charge in [-0.2, -0.15) is 4.31 Å². The van der Waals surface area contributed by atoms with Crippen molar-refractivity contribution >= 4 is 33.9 Å². The highest BCUT2D eigenvalue weighted by molar-refractivity contribution is 7.90. The number of benzene rings is 2. The zero-order chi connectivity index (χ0) is 23.8. The summed E-state index contributed by atoms with van der Waals surface area (Å²) in [6, 6.07) is 14.7. The zero-order valence-electron chi connectivity index (χ0n) is 17.4. The van der Waals surface area contributed by atoms with Gasteiger partial charge >= 0.3 is 12.1 Å². The van der Waals surface area contributed by atoms with Crippen molar-refractivity contribution < 1.29 is 37.1 Å². The Labute approximate surface area is 189 Å². The Morgan fingerprint density at radius 1 is 0.909 bits per heavy atom. The number of sulfonamides is 1. The fourth-order valence-corrected chi connectivity index (χ4v) is 4.28. The number of hydrogen-bond acceptors (Lipinski definition) is 8. The van der Waals surface area contributed by atoms with Crippen LogP contribution in [0.25, 0.3) is 0 Å². The molecule has 33 heavy (non-hydrogen) atoms. The third kappa shape index (κ3) is 6.07. The molecular weight excluding hydrogens is 454 g/mol. The molecule has 3 rings (SSSR count). The monoisotopic (exact) mass is 475 g/mol. The van der Waals surface area contributed by atoms with E-state index in [0.717, 1.165) is 5.56 Å². The van der Waals surface area contributed by atoms with Crippen molar-refractivity contribution in [3.8, 4) is 0 Å². The molecule has 0 atom stereocenters. The Balaban J connectivity index is 1.33. The molecule has 2 aromatic rings.